The Morgan fingerprint density at radius 2 is 1.39 bits per heavy atom. The molecule has 0 unspecified atom stereocenters. The number of hydrogen-bond acceptors (Lipinski definition) is 4. The first-order chi connectivity index (χ1) is 7.83. The average Bonchev–Trinajstić information content (AvgIpc) is 2.12. The summed E-state index contributed by atoms with van der Waals surface area (Å²) in [5.74, 6) is 0. The molecule has 0 aromatic heterocycles. The average molecular weight is 290 g/mol. The summed E-state index contributed by atoms with van der Waals surface area (Å²) in [5.41, 5.74) is 0.256. The van der Waals surface area contributed by atoms with Crippen LogP contribution in [0.25, 0.3) is 0 Å². The van der Waals surface area contributed by atoms with Gasteiger partial charge in [-0.2, -0.15) is 0 Å². The highest BCUT2D eigenvalue weighted by Crippen LogP contribution is 2.30. The molecule has 0 heterocycles. The number of benzene rings is 1. The summed E-state index contributed by atoms with van der Waals surface area (Å²) >= 11 is 0. The first-order valence-electron chi connectivity index (χ1n) is 5.38. The van der Waals surface area contributed by atoms with Gasteiger partial charge in [0.1, 0.15) is 0 Å². The second-order valence-electron chi connectivity index (χ2n) is 5.45. The fraction of sp³-hybridized carbons (Fsp3) is 0.500. The molecule has 0 atom stereocenters. The molecular weight excluding hydrogens is 272 g/mol. The topological polar surface area (TPSA) is 68.3 Å². The minimum atomic E-state index is -3.46. The minimum Gasteiger partial charge on any atom is -0.224 e. The van der Waals surface area contributed by atoms with Gasteiger partial charge in [0, 0.05) is 12.5 Å². The minimum absolute atomic E-state index is 0.0240. The van der Waals surface area contributed by atoms with Crippen LogP contribution in [0, 0.1) is 0 Å². The van der Waals surface area contributed by atoms with E-state index in [0.29, 0.717) is 5.56 Å². The number of sulfone groups is 2. The second-order valence-corrected chi connectivity index (χ2v) is 9.45. The van der Waals surface area contributed by atoms with E-state index in [1.165, 1.54) is 12.1 Å². The molecular formula is C12H18O4S2. The Labute approximate surface area is 109 Å². The molecule has 0 aliphatic heterocycles. The SMILES string of the molecule is CC(C)(C)c1ccc(S(C)(=O)=O)cc1S(C)(=O)=O. The largest absolute Gasteiger partial charge is 0.224 e. The van der Waals surface area contributed by atoms with Gasteiger partial charge in [0.15, 0.2) is 19.7 Å². The molecule has 6 heteroatoms. The maximum atomic E-state index is 11.8. The van der Waals surface area contributed by atoms with Crippen LogP contribution >= 0.6 is 0 Å². The van der Waals surface area contributed by atoms with Gasteiger partial charge in [0.05, 0.1) is 9.79 Å². The highest BCUT2D eigenvalue weighted by atomic mass is 32.2. The fourth-order valence-electron chi connectivity index (χ4n) is 1.66. The van der Waals surface area contributed by atoms with Gasteiger partial charge >= 0.3 is 0 Å². The Bertz CT molecular complexity index is 663. The molecule has 1 aromatic rings. The molecule has 0 saturated heterocycles. The van der Waals surface area contributed by atoms with Crippen LogP contribution in [-0.2, 0) is 25.1 Å². The van der Waals surface area contributed by atoms with Crippen molar-refractivity contribution >= 4 is 19.7 Å². The molecule has 102 valence electrons. The third-order valence-electron chi connectivity index (χ3n) is 2.59. The Kier molecular flexibility index (Phi) is 3.66. The van der Waals surface area contributed by atoms with E-state index in [2.05, 4.69) is 0 Å². The van der Waals surface area contributed by atoms with Crippen molar-refractivity contribution < 1.29 is 16.8 Å². The Balaban J connectivity index is 3.71. The van der Waals surface area contributed by atoms with Crippen molar-refractivity contribution in [3.63, 3.8) is 0 Å². The molecule has 0 spiro atoms. The zero-order chi connectivity index (χ0) is 14.4. The lowest BCUT2D eigenvalue weighted by Crippen LogP contribution is -2.17. The van der Waals surface area contributed by atoms with E-state index < -0.39 is 19.7 Å². The molecule has 0 saturated carbocycles. The summed E-state index contributed by atoms with van der Waals surface area (Å²) in [4.78, 5) is 0.105. The molecule has 1 aromatic carbocycles. The van der Waals surface area contributed by atoms with Gasteiger partial charge in [-0.3, -0.25) is 0 Å². The zero-order valence-corrected chi connectivity index (χ0v) is 12.8. The predicted molar refractivity (Wildman–Crippen MR) is 71.4 cm³/mol. The van der Waals surface area contributed by atoms with E-state index in [9.17, 15) is 16.8 Å². The highest BCUT2D eigenvalue weighted by molar-refractivity contribution is 7.91. The van der Waals surface area contributed by atoms with Crippen molar-refractivity contribution in [3.8, 4) is 0 Å². The normalized spacial score (nSPS) is 13.6. The van der Waals surface area contributed by atoms with Crippen molar-refractivity contribution in [1.29, 1.82) is 0 Å². The van der Waals surface area contributed by atoms with Crippen molar-refractivity contribution in [2.75, 3.05) is 12.5 Å². The summed E-state index contributed by atoms with van der Waals surface area (Å²) in [7, 11) is -6.88. The molecule has 0 radical (unpaired) electrons. The van der Waals surface area contributed by atoms with Crippen molar-refractivity contribution in [2.45, 2.75) is 36.0 Å². The summed E-state index contributed by atoms with van der Waals surface area (Å²) in [6.45, 7) is 5.66. The molecule has 0 fully saturated rings. The van der Waals surface area contributed by atoms with E-state index in [-0.39, 0.29) is 15.2 Å². The van der Waals surface area contributed by atoms with Crippen LogP contribution in [-0.4, -0.2) is 29.3 Å². The molecule has 0 aliphatic carbocycles. The van der Waals surface area contributed by atoms with E-state index in [1.54, 1.807) is 6.07 Å². The molecule has 0 N–H and O–H groups in total. The highest BCUT2D eigenvalue weighted by Gasteiger charge is 2.24. The lowest BCUT2D eigenvalue weighted by atomic mass is 9.87. The molecule has 4 nitrogen and oxygen atoms in total. The lowest BCUT2D eigenvalue weighted by Gasteiger charge is -2.22. The maximum absolute atomic E-state index is 11.8. The van der Waals surface area contributed by atoms with Crippen LogP contribution in [0.2, 0.25) is 0 Å². The number of hydrogen-bond donors (Lipinski definition) is 0. The second kappa shape index (κ2) is 4.35. The summed E-state index contributed by atoms with van der Waals surface area (Å²) in [5, 5.41) is 0. The predicted octanol–water partition coefficient (Wildman–Crippen LogP) is 1.79. The third-order valence-corrected chi connectivity index (χ3v) is 4.84. The van der Waals surface area contributed by atoms with Gasteiger partial charge < -0.3 is 0 Å². The fourth-order valence-corrected chi connectivity index (χ4v) is 3.50. The monoisotopic (exact) mass is 290 g/mol. The molecule has 0 aliphatic rings. The van der Waals surface area contributed by atoms with Gasteiger partial charge in [-0.05, 0) is 23.1 Å². The molecule has 0 bridgehead atoms. The van der Waals surface area contributed by atoms with Gasteiger partial charge in [-0.1, -0.05) is 26.8 Å². The maximum Gasteiger partial charge on any atom is 0.175 e. The van der Waals surface area contributed by atoms with Crippen molar-refractivity contribution in [2.24, 2.45) is 0 Å². The summed E-state index contributed by atoms with van der Waals surface area (Å²) in [6.07, 6.45) is 2.15. The molecule has 0 amide bonds. The zero-order valence-electron chi connectivity index (χ0n) is 11.2. The lowest BCUT2D eigenvalue weighted by molar-refractivity contribution is 0.561. The van der Waals surface area contributed by atoms with Gasteiger partial charge in [-0.15, -0.1) is 0 Å². The van der Waals surface area contributed by atoms with Crippen LogP contribution in [0.4, 0.5) is 0 Å². The van der Waals surface area contributed by atoms with E-state index in [0.717, 1.165) is 12.5 Å². The van der Waals surface area contributed by atoms with Crippen LogP contribution in [0.3, 0.4) is 0 Å². The smallest absolute Gasteiger partial charge is 0.175 e. The van der Waals surface area contributed by atoms with E-state index in [1.807, 2.05) is 20.8 Å². The number of rotatable bonds is 2. The molecule has 18 heavy (non-hydrogen) atoms. The van der Waals surface area contributed by atoms with Crippen LogP contribution in [0.5, 0.6) is 0 Å². The Morgan fingerprint density at radius 3 is 1.72 bits per heavy atom. The summed E-state index contributed by atoms with van der Waals surface area (Å²) in [6, 6.07) is 4.27. The van der Waals surface area contributed by atoms with Gasteiger partial charge in [-0.25, -0.2) is 16.8 Å². The van der Waals surface area contributed by atoms with Crippen LogP contribution < -0.4 is 0 Å². The van der Waals surface area contributed by atoms with Gasteiger partial charge in [0.2, 0.25) is 0 Å². The molecule has 1 rings (SSSR count). The summed E-state index contributed by atoms with van der Waals surface area (Å²) < 4.78 is 46.5. The van der Waals surface area contributed by atoms with E-state index in [4.69, 9.17) is 0 Å². The quantitative estimate of drug-likeness (QED) is 0.832. The van der Waals surface area contributed by atoms with E-state index >= 15 is 0 Å². The van der Waals surface area contributed by atoms with Gasteiger partial charge in [0.25, 0.3) is 0 Å². The van der Waals surface area contributed by atoms with Crippen molar-refractivity contribution in [1.82, 2.24) is 0 Å². The third kappa shape index (κ3) is 3.32. The first-order valence-corrected chi connectivity index (χ1v) is 9.16. The van der Waals surface area contributed by atoms with Crippen molar-refractivity contribution in [3.05, 3.63) is 23.8 Å². The standard InChI is InChI=1S/C12H18O4S2/c1-12(2,3)10-7-6-9(17(4,13)14)8-11(10)18(5,15)16/h6-8H,1-5H3. The first kappa shape index (κ1) is 15.2. The Hall–Kier alpha value is -0.880. The van der Waals surface area contributed by atoms with Crippen LogP contribution in [0.1, 0.15) is 26.3 Å². The van der Waals surface area contributed by atoms with Crippen LogP contribution in [0.15, 0.2) is 28.0 Å². The Morgan fingerprint density at radius 1 is 0.889 bits per heavy atom.